The first kappa shape index (κ1) is 23.1. The number of aromatic nitrogens is 1. The molecule has 4 rings (SSSR count). The lowest BCUT2D eigenvalue weighted by atomic mass is 9.91. The van der Waals surface area contributed by atoms with Crippen LogP contribution in [0, 0.1) is 5.92 Å². The topological polar surface area (TPSA) is 31.4 Å². The van der Waals surface area contributed by atoms with Gasteiger partial charge in [-0.25, -0.2) is 4.98 Å². The quantitative estimate of drug-likeness (QED) is 0.545. The van der Waals surface area contributed by atoms with Crippen LogP contribution in [0.25, 0.3) is 15.7 Å². The standard InChI is InChI=1S/C27H36N4S/c1-5-26(32-6-2)22-7-8-23-19-28-27(18-24(23)17-22)29-20(3)21-9-15-31(16-10-21)25-11-13-30(4)14-12-25/h5-8,17-19,21,25H,2-3,9-16H2,1,4H3,(H,28,29)/b26-5-. The molecule has 0 aliphatic carbocycles. The Morgan fingerprint density at radius 3 is 2.53 bits per heavy atom. The molecule has 2 saturated heterocycles. The maximum atomic E-state index is 4.65. The fraction of sp³-hybridized carbons (Fsp3) is 0.444. The van der Waals surface area contributed by atoms with Gasteiger partial charge in [0.1, 0.15) is 5.82 Å². The second-order valence-corrected chi connectivity index (χ2v) is 10.1. The van der Waals surface area contributed by atoms with E-state index in [1.54, 1.807) is 11.8 Å². The van der Waals surface area contributed by atoms with E-state index in [1.807, 2.05) is 11.6 Å². The molecule has 0 saturated carbocycles. The predicted octanol–water partition coefficient (Wildman–Crippen LogP) is 6.20. The number of piperidine rings is 2. The monoisotopic (exact) mass is 448 g/mol. The van der Waals surface area contributed by atoms with Crippen LogP contribution in [0.1, 0.15) is 38.2 Å². The van der Waals surface area contributed by atoms with Gasteiger partial charge in [0.05, 0.1) is 0 Å². The Balaban J connectivity index is 1.37. The number of likely N-dealkylation sites (tertiary alicyclic amines) is 2. The zero-order valence-electron chi connectivity index (χ0n) is 19.5. The average Bonchev–Trinajstić information content (AvgIpc) is 2.82. The molecule has 4 nitrogen and oxygen atoms in total. The number of pyridine rings is 1. The lowest BCUT2D eigenvalue weighted by Crippen LogP contribution is -2.47. The molecule has 1 aromatic heterocycles. The van der Waals surface area contributed by atoms with Crippen LogP contribution in [-0.2, 0) is 0 Å². The summed E-state index contributed by atoms with van der Waals surface area (Å²) in [5.74, 6) is 1.40. The van der Waals surface area contributed by atoms with Crippen LogP contribution in [0.15, 0.2) is 60.8 Å². The minimum atomic E-state index is 0.514. The smallest absolute Gasteiger partial charge is 0.130 e. The highest BCUT2D eigenvalue weighted by atomic mass is 32.2. The molecule has 2 aliphatic rings. The Morgan fingerprint density at radius 2 is 1.84 bits per heavy atom. The molecular formula is C27H36N4S. The zero-order valence-corrected chi connectivity index (χ0v) is 20.3. The van der Waals surface area contributed by atoms with E-state index in [0.29, 0.717) is 5.92 Å². The van der Waals surface area contributed by atoms with Gasteiger partial charge in [0, 0.05) is 34.1 Å². The largest absolute Gasteiger partial charge is 0.344 e. The minimum Gasteiger partial charge on any atom is -0.344 e. The molecule has 1 aromatic carbocycles. The molecule has 170 valence electrons. The molecule has 0 radical (unpaired) electrons. The molecule has 2 fully saturated rings. The summed E-state index contributed by atoms with van der Waals surface area (Å²) in [6, 6.07) is 9.44. The van der Waals surface area contributed by atoms with Gasteiger partial charge in [-0.1, -0.05) is 43.1 Å². The molecule has 3 heterocycles. The van der Waals surface area contributed by atoms with Gasteiger partial charge < -0.3 is 15.1 Å². The summed E-state index contributed by atoms with van der Waals surface area (Å²) >= 11 is 1.66. The van der Waals surface area contributed by atoms with E-state index in [9.17, 15) is 0 Å². The molecule has 2 aliphatic heterocycles. The van der Waals surface area contributed by atoms with E-state index in [-0.39, 0.29) is 0 Å². The lowest BCUT2D eigenvalue weighted by molar-refractivity contribution is 0.0914. The number of benzene rings is 1. The maximum absolute atomic E-state index is 4.65. The van der Waals surface area contributed by atoms with Crippen molar-refractivity contribution >= 4 is 33.3 Å². The fourth-order valence-corrected chi connectivity index (χ4v) is 5.57. The van der Waals surface area contributed by atoms with Crippen molar-refractivity contribution in [2.45, 2.75) is 38.6 Å². The molecular weight excluding hydrogens is 412 g/mol. The summed E-state index contributed by atoms with van der Waals surface area (Å²) in [5.41, 5.74) is 2.31. The highest BCUT2D eigenvalue weighted by Crippen LogP contribution is 2.32. The maximum Gasteiger partial charge on any atom is 0.130 e. The normalized spacial score (nSPS) is 19.9. The Labute approximate surface area is 197 Å². The summed E-state index contributed by atoms with van der Waals surface area (Å²) in [6.45, 7) is 15.1. The first-order chi connectivity index (χ1) is 15.6. The van der Waals surface area contributed by atoms with Crippen LogP contribution < -0.4 is 5.32 Å². The summed E-state index contributed by atoms with van der Waals surface area (Å²) in [7, 11) is 2.24. The molecule has 0 atom stereocenters. The van der Waals surface area contributed by atoms with E-state index < -0.39 is 0 Å². The minimum absolute atomic E-state index is 0.514. The van der Waals surface area contributed by atoms with Gasteiger partial charge in [0.15, 0.2) is 0 Å². The number of anilines is 1. The molecule has 32 heavy (non-hydrogen) atoms. The lowest BCUT2D eigenvalue weighted by Gasteiger charge is -2.41. The van der Waals surface area contributed by atoms with Crippen LogP contribution in [0.5, 0.6) is 0 Å². The Morgan fingerprint density at radius 1 is 1.09 bits per heavy atom. The summed E-state index contributed by atoms with van der Waals surface area (Å²) < 4.78 is 0. The third-order valence-electron chi connectivity index (χ3n) is 6.99. The number of thioether (sulfide) groups is 1. The number of fused-ring (bicyclic) bond motifs is 1. The van der Waals surface area contributed by atoms with Gasteiger partial charge in [-0.2, -0.15) is 0 Å². The van der Waals surface area contributed by atoms with Crippen LogP contribution in [0.2, 0.25) is 0 Å². The molecule has 5 heteroatoms. The molecule has 0 bridgehead atoms. The van der Waals surface area contributed by atoms with Gasteiger partial charge in [0.25, 0.3) is 0 Å². The van der Waals surface area contributed by atoms with Crippen molar-refractivity contribution in [3.8, 4) is 0 Å². The number of nitrogens with zero attached hydrogens (tertiary/aromatic N) is 3. The van der Waals surface area contributed by atoms with Crippen LogP contribution in [0.3, 0.4) is 0 Å². The number of hydrogen-bond acceptors (Lipinski definition) is 5. The van der Waals surface area contributed by atoms with Crippen molar-refractivity contribution in [1.82, 2.24) is 14.8 Å². The molecule has 1 N–H and O–H groups in total. The molecule has 0 amide bonds. The number of hydrogen-bond donors (Lipinski definition) is 1. The fourth-order valence-electron chi connectivity index (χ4n) is 4.99. The van der Waals surface area contributed by atoms with Crippen molar-refractivity contribution in [1.29, 1.82) is 0 Å². The zero-order chi connectivity index (χ0) is 22.5. The van der Waals surface area contributed by atoms with E-state index in [4.69, 9.17) is 0 Å². The molecule has 2 aromatic rings. The SMILES string of the molecule is C=CS/C(=C\C)c1ccc2cnc(NC(=C)C3CCN(C4CCN(C)CC4)CC3)cc2c1. The van der Waals surface area contributed by atoms with Crippen LogP contribution in [-0.4, -0.2) is 54.1 Å². The Hall–Kier alpha value is -2.08. The second-order valence-electron chi connectivity index (χ2n) is 9.06. The summed E-state index contributed by atoms with van der Waals surface area (Å²) in [5, 5.41) is 7.74. The third-order valence-corrected chi connectivity index (χ3v) is 7.89. The highest BCUT2D eigenvalue weighted by molar-refractivity contribution is 8.10. The van der Waals surface area contributed by atoms with Gasteiger partial charge in [0.2, 0.25) is 0 Å². The van der Waals surface area contributed by atoms with Crippen molar-refractivity contribution in [2.24, 2.45) is 5.92 Å². The first-order valence-electron chi connectivity index (χ1n) is 11.8. The molecule has 0 spiro atoms. The van der Waals surface area contributed by atoms with Crippen LogP contribution in [0.4, 0.5) is 5.82 Å². The third kappa shape index (κ3) is 5.45. The van der Waals surface area contributed by atoms with Gasteiger partial charge in [-0.3, -0.25) is 0 Å². The molecule has 0 unspecified atom stereocenters. The van der Waals surface area contributed by atoms with Crippen molar-refractivity contribution in [3.63, 3.8) is 0 Å². The Bertz CT molecular complexity index is 982. The predicted molar refractivity (Wildman–Crippen MR) is 141 cm³/mol. The van der Waals surface area contributed by atoms with Crippen molar-refractivity contribution in [2.75, 3.05) is 38.5 Å². The van der Waals surface area contributed by atoms with Crippen LogP contribution >= 0.6 is 11.8 Å². The summed E-state index contributed by atoms with van der Waals surface area (Å²) in [6.07, 6.45) is 9.06. The van der Waals surface area contributed by atoms with E-state index in [1.165, 1.54) is 67.7 Å². The highest BCUT2D eigenvalue weighted by Gasteiger charge is 2.28. The number of allylic oxidation sites excluding steroid dienone is 2. The van der Waals surface area contributed by atoms with Crippen molar-refractivity contribution in [3.05, 3.63) is 66.4 Å². The van der Waals surface area contributed by atoms with Gasteiger partial charge in [-0.15, -0.1) is 0 Å². The second kappa shape index (κ2) is 10.7. The van der Waals surface area contributed by atoms with Gasteiger partial charge in [-0.05, 0) is 94.3 Å². The Kier molecular flexibility index (Phi) is 7.71. The number of rotatable bonds is 7. The number of nitrogens with one attached hydrogen (secondary N) is 1. The van der Waals surface area contributed by atoms with E-state index in [2.05, 4.69) is 77.6 Å². The van der Waals surface area contributed by atoms with E-state index >= 15 is 0 Å². The first-order valence-corrected chi connectivity index (χ1v) is 12.7. The summed E-state index contributed by atoms with van der Waals surface area (Å²) in [4.78, 5) is 11.0. The van der Waals surface area contributed by atoms with Crippen molar-refractivity contribution < 1.29 is 0 Å². The van der Waals surface area contributed by atoms with E-state index in [0.717, 1.165) is 22.9 Å². The average molecular weight is 449 g/mol. The van der Waals surface area contributed by atoms with Gasteiger partial charge >= 0.3 is 0 Å².